The van der Waals surface area contributed by atoms with Crippen LogP contribution in [0.3, 0.4) is 0 Å². The van der Waals surface area contributed by atoms with E-state index in [2.05, 4.69) is 5.32 Å². The van der Waals surface area contributed by atoms with Gasteiger partial charge in [0.2, 0.25) is 26.5 Å². The summed E-state index contributed by atoms with van der Waals surface area (Å²) in [6.45, 7) is 0.572. The molecule has 0 spiro atoms. The van der Waals surface area contributed by atoms with Gasteiger partial charge in [0.25, 0.3) is 0 Å². The fourth-order valence-electron chi connectivity index (χ4n) is 5.05. The van der Waals surface area contributed by atoms with Crippen molar-refractivity contribution >= 4 is 44.8 Å². The number of β-lactam (4-membered cyclic amide) rings is 1. The van der Waals surface area contributed by atoms with Crippen LogP contribution < -0.4 is 14.8 Å². The van der Waals surface area contributed by atoms with Crippen LogP contribution in [0.25, 0.3) is 0 Å². The van der Waals surface area contributed by atoms with Crippen molar-refractivity contribution in [2.75, 3.05) is 27.3 Å². The minimum absolute atomic E-state index is 0.000787. The minimum Gasteiger partial charge on any atom is -0.497 e. The van der Waals surface area contributed by atoms with Crippen molar-refractivity contribution in [3.8, 4) is 11.5 Å². The van der Waals surface area contributed by atoms with Gasteiger partial charge in [0.05, 0.1) is 25.5 Å². The fraction of sp³-hybridized carbons (Fsp3) is 0.407. The van der Waals surface area contributed by atoms with Gasteiger partial charge in [-0.15, -0.1) is 0 Å². The third kappa shape index (κ3) is 5.38. The van der Waals surface area contributed by atoms with E-state index in [1.54, 1.807) is 18.2 Å². The Morgan fingerprint density at radius 3 is 2.36 bits per heavy atom. The molecular formula is C27H29ClN2O8S. The average molecular weight is 577 g/mol. The quantitative estimate of drug-likeness (QED) is 0.518. The lowest BCUT2D eigenvalue weighted by Crippen LogP contribution is -2.67. The Morgan fingerprint density at radius 2 is 1.72 bits per heavy atom. The van der Waals surface area contributed by atoms with Gasteiger partial charge in [0, 0.05) is 43.3 Å². The van der Waals surface area contributed by atoms with Crippen LogP contribution in [0, 0.1) is 5.92 Å². The summed E-state index contributed by atoms with van der Waals surface area (Å²) in [7, 11) is -1.06. The fourth-order valence-corrected chi connectivity index (χ4v) is 7.27. The summed E-state index contributed by atoms with van der Waals surface area (Å²) in [4.78, 5) is 46.2. The minimum atomic E-state index is -4.11. The lowest BCUT2D eigenvalue weighted by molar-refractivity contribution is -0.150. The van der Waals surface area contributed by atoms with Crippen molar-refractivity contribution in [2.24, 2.45) is 5.92 Å². The van der Waals surface area contributed by atoms with Gasteiger partial charge in [-0.3, -0.25) is 19.2 Å². The van der Waals surface area contributed by atoms with E-state index < -0.39 is 26.4 Å². The molecule has 0 aromatic heterocycles. The summed E-state index contributed by atoms with van der Waals surface area (Å²) < 4.78 is 37.4. The molecular weight excluding hydrogens is 548 g/mol. The Morgan fingerprint density at radius 1 is 1.00 bits per heavy atom. The first-order valence-electron chi connectivity index (χ1n) is 12.4. The van der Waals surface area contributed by atoms with E-state index in [0.29, 0.717) is 47.9 Å². The van der Waals surface area contributed by atoms with Crippen molar-refractivity contribution in [1.29, 1.82) is 0 Å². The first-order valence-corrected chi connectivity index (χ1v) is 14.2. The van der Waals surface area contributed by atoms with Gasteiger partial charge in [-0.05, 0) is 54.4 Å². The maximum absolute atomic E-state index is 13.4. The Balaban J connectivity index is 0.000000333. The Bertz CT molecular complexity index is 1390. The van der Waals surface area contributed by atoms with Crippen LogP contribution in [-0.4, -0.2) is 68.9 Å². The largest absolute Gasteiger partial charge is 0.497 e. The maximum atomic E-state index is 13.4. The van der Waals surface area contributed by atoms with Gasteiger partial charge in [-0.25, -0.2) is 8.42 Å². The standard InChI is InChI=1S/C21H20ClNO6S.C6H9NO2/c1-28-16-5-8-18(29-2)13(10-16)9-14-12-23-19(24)11-21(23,20(14)25)30(26,27)17-6-3-15(22)4-7-17;8-5-1-2-6(9)7-4-3-5/h3-8,10,14H,9,11-12H2,1-2H3;1-4H2,(H,7,9). The molecule has 5 rings (SSSR count). The summed E-state index contributed by atoms with van der Waals surface area (Å²) >= 11 is 5.87. The van der Waals surface area contributed by atoms with Crippen molar-refractivity contribution in [3.05, 3.63) is 53.1 Å². The van der Waals surface area contributed by atoms with E-state index in [1.165, 1.54) is 43.4 Å². The molecule has 1 N–H and O–H groups in total. The number of rotatable bonds is 6. The number of ether oxygens (including phenoxy) is 2. The first kappa shape index (κ1) is 28.6. The third-order valence-corrected chi connectivity index (χ3v) is 9.77. The number of halogens is 1. The van der Waals surface area contributed by atoms with E-state index in [-0.39, 0.29) is 41.9 Å². The first-order chi connectivity index (χ1) is 18.5. The van der Waals surface area contributed by atoms with Crippen LogP contribution in [0.2, 0.25) is 5.02 Å². The number of hydrogen-bond donors (Lipinski definition) is 1. The van der Waals surface area contributed by atoms with Crippen LogP contribution in [0.1, 0.15) is 31.2 Å². The number of methoxy groups -OCH3 is 2. The molecule has 0 bridgehead atoms. The molecule has 2 aromatic rings. The molecule has 2 amide bonds. The third-order valence-electron chi connectivity index (χ3n) is 7.17. The highest BCUT2D eigenvalue weighted by Crippen LogP contribution is 2.49. The van der Waals surface area contributed by atoms with Crippen molar-refractivity contribution in [2.45, 2.75) is 41.9 Å². The van der Waals surface area contributed by atoms with E-state index in [1.807, 2.05) is 0 Å². The monoisotopic (exact) mass is 576 g/mol. The number of carbonyl (C=O) groups is 4. The molecule has 3 heterocycles. The smallest absolute Gasteiger partial charge is 0.228 e. The van der Waals surface area contributed by atoms with E-state index >= 15 is 0 Å². The summed E-state index contributed by atoms with van der Waals surface area (Å²) in [5, 5.41) is 3.00. The molecule has 12 heteroatoms. The summed E-state index contributed by atoms with van der Waals surface area (Å²) in [5.41, 5.74) is 0.712. The van der Waals surface area contributed by atoms with Crippen LogP contribution >= 0.6 is 11.6 Å². The van der Waals surface area contributed by atoms with Gasteiger partial charge >= 0.3 is 0 Å². The predicted molar refractivity (Wildman–Crippen MR) is 141 cm³/mol. The highest BCUT2D eigenvalue weighted by molar-refractivity contribution is 7.93. The number of amides is 2. The number of Topliss-reactive ketones (excluding diaryl/α,β-unsaturated/α-hetero) is 2. The number of ketones is 2. The molecule has 3 aliphatic heterocycles. The lowest BCUT2D eigenvalue weighted by Gasteiger charge is -2.44. The van der Waals surface area contributed by atoms with Crippen LogP contribution in [0.15, 0.2) is 47.4 Å². The molecule has 0 radical (unpaired) electrons. The molecule has 208 valence electrons. The molecule has 2 aromatic carbocycles. The number of benzene rings is 2. The molecule has 2 atom stereocenters. The van der Waals surface area contributed by atoms with Gasteiger partial charge in [-0.2, -0.15) is 0 Å². The highest BCUT2D eigenvalue weighted by Gasteiger charge is 2.70. The topological polar surface area (TPSA) is 136 Å². The SMILES string of the molecule is COc1ccc(OC)c(CC2CN3C(=O)CC3(S(=O)(=O)c3ccc(Cl)cc3)C2=O)c1.O=C1CCNC(=O)CC1. The zero-order valence-electron chi connectivity index (χ0n) is 21.6. The zero-order valence-corrected chi connectivity index (χ0v) is 23.1. The normalized spacial score (nSPS) is 22.6. The van der Waals surface area contributed by atoms with Gasteiger partial charge in [-0.1, -0.05) is 11.6 Å². The maximum Gasteiger partial charge on any atom is 0.228 e. The summed E-state index contributed by atoms with van der Waals surface area (Å²) in [5.74, 6) is -0.130. The second-order valence-corrected chi connectivity index (χ2v) is 12.1. The van der Waals surface area contributed by atoms with Crippen molar-refractivity contribution in [1.82, 2.24) is 10.2 Å². The molecule has 10 nitrogen and oxygen atoms in total. The van der Waals surface area contributed by atoms with Crippen LogP contribution in [0.4, 0.5) is 0 Å². The molecule has 3 saturated heterocycles. The molecule has 2 unspecified atom stereocenters. The van der Waals surface area contributed by atoms with Crippen molar-refractivity contribution in [3.63, 3.8) is 0 Å². The lowest BCUT2D eigenvalue weighted by atomic mass is 9.92. The molecule has 0 saturated carbocycles. The number of carbonyl (C=O) groups excluding carboxylic acids is 4. The Kier molecular flexibility index (Phi) is 8.31. The van der Waals surface area contributed by atoms with Crippen LogP contribution in [-0.2, 0) is 35.4 Å². The Labute approximate surface area is 231 Å². The number of fused-ring (bicyclic) bond motifs is 1. The summed E-state index contributed by atoms with van der Waals surface area (Å²) in [6.07, 6.45) is 1.19. The number of hydrogen-bond acceptors (Lipinski definition) is 8. The van der Waals surface area contributed by atoms with Gasteiger partial charge < -0.3 is 19.7 Å². The van der Waals surface area contributed by atoms with E-state index in [0.717, 1.165) is 0 Å². The Hall–Kier alpha value is -3.44. The molecule has 3 aliphatic rings. The van der Waals surface area contributed by atoms with Gasteiger partial charge in [0.15, 0.2) is 5.78 Å². The number of nitrogens with zero attached hydrogens (tertiary/aromatic N) is 1. The second kappa shape index (κ2) is 11.4. The average Bonchev–Trinajstić information content (AvgIpc) is 3.00. The molecule has 0 aliphatic carbocycles. The number of nitrogens with one attached hydrogen (secondary N) is 1. The predicted octanol–water partition coefficient (Wildman–Crippen LogP) is 2.36. The molecule has 3 fully saturated rings. The van der Waals surface area contributed by atoms with Crippen molar-refractivity contribution < 1.29 is 37.1 Å². The second-order valence-electron chi connectivity index (χ2n) is 9.50. The van der Waals surface area contributed by atoms with E-state index in [4.69, 9.17) is 21.1 Å². The number of sulfone groups is 1. The van der Waals surface area contributed by atoms with Gasteiger partial charge in [0.1, 0.15) is 17.3 Å². The summed E-state index contributed by atoms with van der Waals surface area (Å²) in [6, 6.07) is 10.8. The van der Waals surface area contributed by atoms with Crippen LogP contribution in [0.5, 0.6) is 11.5 Å². The zero-order chi connectivity index (χ0) is 28.4. The highest BCUT2D eigenvalue weighted by atomic mass is 35.5. The molecule has 39 heavy (non-hydrogen) atoms. The van der Waals surface area contributed by atoms with E-state index in [9.17, 15) is 27.6 Å².